The number of aromatic nitrogens is 2. The average Bonchev–Trinajstić information content (AvgIpc) is 2.78. The Morgan fingerprint density at radius 3 is 2.63 bits per heavy atom. The van der Waals surface area contributed by atoms with E-state index in [0.29, 0.717) is 33.0 Å². The van der Waals surface area contributed by atoms with Crippen LogP contribution in [0.15, 0.2) is 46.3 Å². The third-order valence-electron chi connectivity index (χ3n) is 5.53. The fraction of sp³-hybridized carbons (Fsp3) is 0.348. The second-order valence-corrected chi connectivity index (χ2v) is 7.83. The summed E-state index contributed by atoms with van der Waals surface area (Å²) in [7, 11) is 3.09. The van der Waals surface area contributed by atoms with Crippen LogP contribution < -0.4 is 15.0 Å². The van der Waals surface area contributed by atoms with Crippen molar-refractivity contribution in [1.82, 2.24) is 9.66 Å². The van der Waals surface area contributed by atoms with Crippen LogP contribution in [0.5, 0.6) is 11.5 Å². The summed E-state index contributed by atoms with van der Waals surface area (Å²) in [4.78, 5) is 18.1. The maximum atomic E-state index is 13.2. The molecule has 30 heavy (non-hydrogen) atoms. The van der Waals surface area contributed by atoms with Gasteiger partial charge in [0, 0.05) is 5.92 Å². The van der Waals surface area contributed by atoms with E-state index in [4.69, 9.17) is 26.1 Å². The normalized spacial score (nSPS) is 15.0. The second-order valence-electron chi connectivity index (χ2n) is 7.42. The molecule has 0 N–H and O–H groups in total. The van der Waals surface area contributed by atoms with Gasteiger partial charge in [-0.2, -0.15) is 9.78 Å². The first-order valence-electron chi connectivity index (χ1n) is 10.1. The van der Waals surface area contributed by atoms with Crippen molar-refractivity contribution in [3.63, 3.8) is 0 Å². The molecule has 0 saturated heterocycles. The Hall–Kier alpha value is -2.86. The lowest BCUT2D eigenvalue weighted by Gasteiger charge is -2.22. The predicted octanol–water partition coefficient (Wildman–Crippen LogP) is 5.00. The zero-order valence-corrected chi connectivity index (χ0v) is 17.9. The average molecular weight is 426 g/mol. The standard InChI is InChI=1S/C23H24ClN3O3/c1-29-20-13-15(12-18(24)21(20)30-2)14-25-27-22(16-8-4-3-5-9-16)26-19-11-7-6-10-17(19)23(27)28/h6-7,10-14,16H,3-5,8-9H2,1-2H3. The summed E-state index contributed by atoms with van der Waals surface area (Å²) in [6, 6.07) is 10.9. The van der Waals surface area contributed by atoms with Crippen molar-refractivity contribution in [1.29, 1.82) is 0 Å². The first-order valence-corrected chi connectivity index (χ1v) is 10.5. The van der Waals surface area contributed by atoms with Gasteiger partial charge in [0.25, 0.3) is 5.56 Å². The van der Waals surface area contributed by atoms with Crippen LogP contribution >= 0.6 is 11.6 Å². The van der Waals surface area contributed by atoms with Crippen LogP contribution in [0.25, 0.3) is 10.9 Å². The van der Waals surface area contributed by atoms with Gasteiger partial charge in [-0.1, -0.05) is 43.0 Å². The van der Waals surface area contributed by atoms with E-state index < -0.39 is 0 Å². The Morgan fingerprint density at radius 2 is 1.90 bits per heavy atom. The van der Waals surface area contributed by atoms with Gasteiger partial charge >= 0.3 is 0 Å². The minimum absolute atomic E-state index is 0.163. The van der Waals surface area contributed by atoms with Gasteiger partial charge in [0.1, 0.15) is 5.82 Å². The number of benzene rings is 2. The monoisotopic (exact) mass is 425 g/mol. The SMILES string of the molecule is COc1cc(C=Nn2c(C3CCCCC3)nc3ccccc3c2=O)cc(Cl)c1OC. The van der Waals surface area contributed by atoms with E-state index in [-0.39, 0.29) is 11.5 Å². The third kappa shape index (κ3) is 3.92. The van der Waals surface area contributed by atoms with Crippen molar-refractivity contribution in [3.8, 4) is 11.5 Å². The zero-order chi connectivity index (χ0) is 21.1. The molecule has 156 valence electrons. The number of ether oxygens (including phenoxy) is 2. The molecule has 1 heterocycles. The molecule has 4 rings (SSSR count). The molecule has 0 unspecified atom stereocenters. The minimum Gasteiger partial charge on any atom is -0.493 e. The molecule has 2 aromatic carbocycles. The molecule has 6 nitrogen and oxygen atoms in total. The van der Waals surface area contributed by atoms with Gasteiger partial charge in [0.2, 0.25) is 0 Å². The summed E-state index contributed by atoms with van der Waals surface area (Å²) >= 11 is 6.31. The van der Waals surface area contributed by atoms with E-state index in [2.05, 4.69) is 5.10 Å². The maximum Gasteiger partial charge on any atom is 0.282 e. The van der Waals surface area contributed by atoms with Gasteiger partial charge in [-0.05, 0) is 42.7 Å². The highest BCUT2D eigenvalue weighted by Crippen LogP contribution is 2.36. The maximum absolute atomic E-state index is 13.2. The van der Waals surface area contributed by atoms with Crippen LogP contribution in [-0.2, 0) is 0 Å². The minimum atomic E-state index is -0.163. The van der Waals surface area contributed by atoms with Crippen molar-refractivity contribution >= 4 is 28.7 Å². The van der Waals surface area contributed by atoms with E-state index in [1.807, 2.05) is 18.2 Å². The van der Waals surface area contributed by atoms with E-state index in [1.165, 1.54) is 18.2 Å². The van der Waals surface area contributed by atoms with E-state index in [1.54, 1.807) is 31.5 Å². The lowest BCUT2D eigenvalue weighted by molar-refractivity contribution is 0.355. The molecule has 0 radical (unpaired) electrons. The molecule has 0 atom stereocenters. The summed E-state index contributed by atoms with van der Waals surface area (Å²) in [6.07, 6.45) is 7.15. The van der Waals surface area contributed by atoms with Crippen LogP contribution in [0.1, 0.15) is 49.4 Å². The molecule has 0 amide bonds. The molecule has 1 aromatic heterocycles. The Morgan fingerprint density at radius 1 is 1.13 bits per heavy atom. The van der Waals surface area contributed by atoms with Gasteiger partial charge in [-0.3, -0.25) is 4.79 Å². The number of rotatable bonds is 5. The molecular weight excluding hydrogens is 402 g/mol. The molecule has 1 saturated carbocycles. The molecule has 1 fully saturated rings. The van der Waals surface area contributed by atoms with Crippen LogP contribution in [0, 0.1) is 0 Å². The summed E-state index contributed by atoms with van der Waals surface area (Å²) in [5.41, 5.74) is 1.25. The fourth-order valence-electron chi connectivity index (χ4n) is 4.01. The molecule has 0 aliphatic heterocycles. The lowest BCUT2D eigenvalue weighted by atomic mass is 9.88. The van der Waals surface area contributed by atoms with Crippen LogP contribution in [0.4, 0.5) is 0 Å². The topological polar surface area (TPSA) is 65.7 Å². The molecule has 7 heteroatoms. The van der Waals surface area contributed by atoms with Gasteiger partial charge in [-0.15, -0.1) is 0 Å². The van der Waals surface area contributed by atoms with Gasteiger partial charge in [-0.25, -0.2) is 4.98 Å². The van der Waals surface area contributed by atoms with Gasteiger partial charge in [0.05, 0.1) is 36.4 Å². The Kier molecular flexibility index (Phi) is 6.04. The van der Waals surface area contributed by atoms with E-state index in [0.717, 1.165) is 31.5 Å². The van der Waals surface area contributed by atoms with Crippen LogP contribution in [0.3, 0.4) is 0 Å². The molecule has 3 aromatic rings. The number of halogens is 1. The third-order valence-corrected chi connectivity index (χ3v) is 5.81. The quantitative estimate of drug-likeness (QED) is 0.540. The van der Waals surface area contributed by atoms with Crippen molar-refractivity contribution in [2.75, 3.05) is 14.2 Å². The lowest BCUT2D eigenvalue weighted by Crippen LogP contribution is -2.25. The molecule has 1 aliphatic carbocycles. The highest BCUT2D eigenvalue weighted by Gasteiger charge is 2.22. The van der Waals surface area contributed by atoms with Crippen molar-refractivity contribution in [3.05, 3.63) is 63.2 Å². The number of hydrogen-bond acceptors (Lipinski definition) is 5. The van der Waals surface area contributed by atoms with Gasteiger partial charge in [0.15, 0.2) is 11.5 Å². The smallest absolute Gasteiger partial charge is 0.282 e. The summed E-state index contributed by atoms with van der Waals surface area (Å²) in [5, 5.41) is 5.50. The molecule has 1 aliphatic rings. The van der Waals surface area contributed by atoms with Gasteiger partial charge < -0.3 is 9.47 Å². The van der Waals surface area contributed by atoms with Crippen LogP contribution in [0.2, 0.25) is 5.02 Å². The molecule has 0 spiro atoms. The Bertz CT molecular complexity index is 1150. The number of methoxy groups -OCH3 is 2. The Balaban J connectivity index is 1.82. The zero-order valence-electron chi connectivity index (χ0n) is 17.1. The van der Waals surface area contributed by atoms with Crippen LogP contribution in [-0.4, -0.2) is 30.1 Å². The highest BCUT2D eigenvalue weighted by atomic mass is 35.5. The largest absolute Gasteiger partial charge is 0.493 e. The van der Waals surface area contributed by atoms with Crippen molar-refractivity contribution in [2.24, 2.45) is 5.10 Å². The first-order chi connectivity index (χ1) is 14.6. The van der Waals surface area contributed by atoms with Crippen molar-refractivity contribution < 1.29 is 9.47 Å². The summed E-state index contributed by atoms with van der Waals surface area (Å²) in [6.45, 7) is 0. The Labute approximate surface area is 180 Å². The van der Waals surface area contributed by atoms with E-state index in [9.17, 15) is 4.79 Å². The molecular formula is C23H24ClN3O3. The number of hydrogen-bond donors (Lipinski definition) is 0. The van der Waals surface area contributed by atoms with E-state index >= 15 is 0 Å². The highest BCUT2D eigenvalue weighted by molar-refractivity contribution is 6.32. The number of para-hydroxylation sites is 1. The predicted molar refractivity (Wildman–Crippen MR) is 119 cm³/mol. The second kappa shape index (κ2) is 8.88. The fourth-order valence-corrected chi connectivity index (χ4v) is 4.31. The number of fused-ring (bicyclic) bond motifs is 1. The summed E-state index contributed by atoms with van der Waals surface area (Å²) < 4.78 is 12.1. The molecule has 0 bridgehead atoms. The first kappa shape index (κ1) is 20.4. The summed E-state index contributed by atoms with van der Waals surface area (Å²) in [5.74, 6) is 1.91. The number of nitrogens with zero attached hydrogens (tertiary/aromatic N) is 3. The van der Waals surface area contributed by atoms with Crippen molar-refractivity contribution in [2.45, 2.75) is 38.0 Å².